The van der Waals surface area contributed by atoms with Crippen molar-refractivity contribution in [2.45, 2.75) is 0 Å². The van der Waals surface area contributed by atoms with Crippen LogP contribution in [0, 0.1) is 0 Å². The molecule has 0 unspecified atom stereocenters. The fraction of sp³-hybridized carbons (Fsp3) is 0. The van der Waals surface area contributed by atoms with E-state index >= 15 is 0 Å². The maximum atomic E-state index is 5.28. The smallest absolute Gasteiger partial charge is 0.160 e. The van der Waals surface area contributed by atoms with Gasteiger partial charge in [0.05, 0.1) is 44.7 Å². The molecule has 0 aliphatic rings. The molecule has 0 saturated carbocycles. The van der Waals surface area contributed by atoms with Crippen LogP contribution in [0.2, 0.25) is 0 Å². The third-order valence-corrected chi connectivity index (χ3v) is 12.7. The maximum absolute atomic E-state index is 5.28. The standard InChI is InChI=1S/C59H37N5/c1-4-16-39(17-5-1)58-50-35-49-47-33-30-41(34-56(47)64(42-20-8-3-9-21-42)57(49)36-48(50)44-22-10-13-25-51(44)60-58)53-37-52(61-59(62-53)40-18-6-2-7-19-40)38-28-31-43(32-29-38)63-54-26-14-11-23-45(54)46-24-12-15-27-55(46)63/h1-37H. The van der Waals surface area contributed by atoms with Crippen LogP contribution in [-0.2, 0) is 0 Å². The van der Waals surface area contributed by atoms with Gasteiger partial charge in [-0.05, 0) is 72.1 Å². The van der Waals surface area contributed by atoms with Crippen molar-refractivity contribution in [1.29, 1.82) is 0 Å². The molecule has 0 aliphatic carbocycles. The highest BCUT2D eigenvalue weighted by molar-refractivity contribution is 6.20. The Kier molecular flexibility index (Phi) is 8.15. The molecular weight excluding hydrogens is 779 g/mol. The Morgan fingerprint density at radius 2 is 0.781 bits per heavy atom. The van der Waals surface area contributed by atoms with Gasteiger partial charge in [0.2, 0.25) is 0 Å². The predicted octanol–water partition coefficient (Wildman–Crippen LogP) is 15.0. The minimum absolute atomic E-state index is 0.683. The first kappa shape index (κ1) is 36.0. The summed E-state index contributed by atoms with van der Waals surface area (Å²) in [5.41, 5.74) is 14.6. The van der Waals surface area contributed by atoms with Gasteiger partial charge in [0.25, 0.3) is 0 Å². The van der Waals surface area contributed by atoms with E-state index in [0.717, 1.165) is 83.4 Å². The molecule has 4 heterocycles. The SMILES string of the molecule is c1ccc(-c2nc(-c3ccc(-n4c5ccccc5c5ccccc54)cc3)cc(-c3ccc4c5cc6c(-c7ccccc7)nc7ccccc7c6cc5n(-c5ccccc5)c4c3)n2)cc1. The second-order valence-corrected chi connectivity index (χ2v) is 16.4. The van der Waals surface area contributed by atoms with Crippen LogP contribution >= 0.6 is 0 Å². The molecule has 5 heteroatoms. The first-order valence-electron chi connectivity index (χ1n) is 21.7. The summed E-state index contributed by atoms with van der Waals surface area (Å²) in [6.45, 7) is 0. The van der Waals surface area contributed by atoms with Gasteiger partial charge in [0.15, 0.2) is 5.82 Å². The summed E-state index contributed by atoms with van der Waals surface area (Å²) < 4.78 is 4.75. The average molecular weight is 816 g/mol. The Bertz CT molecular complexity index is 3870. The van der Waals surface area contributed by atoms with Crippen LogP contribution in [0.3, 0.4) is 0 Å². The second kappa shape index (κ2) is 14.5. The fourth-order valence-electron chi connectivity index (χ4n) is 9.73. The Hall–Kier alpha value is -8.67. The van der Waals surface area contributed by atoms with E-state index in [4.69, 9.17) is 15.0 Å². The zero-order chi connectivity index (χ0) is 42.1. The summed E-state index contributed by atoms with van der Waals surface area (Å²) in [5, 5.41) is 8.26. The second-order valence-electron chi connectivity index (χ2n) is 16.4. The Labute approximate surface area is 368 Å². The highest BCUT2D eigenvalue weighted by Gasteiger charge is 2.20. The number of benzene rings is 9. The largest absolute Gasteiger partial charge is 0.309 e. The van der Waals surface area contributed by atoms with Gasteiger partial charge in [-0.15, -0.1) is 0 Å². The van der Waals surface area contributed by atoms with Crippen molar-refractivity contribution in [2.24, 2.45) is 0 Å². The van der Waals surface area contributed by atoms with Gasteiger partial charge in [0, 0.05) is 65.9 Å². The van der Waals surface area contributed by atoms with Crippen molar-refractivity contribution in [3.63, 3.8) is 0 Å². The van der Waals surface area contributed by atoms with Crippen molar-refractivity contribution < 1.29 is 0 Å². The summed E-state index contributed by atoms with van der Waals surface area (Å²) in [6.07, 6.45) is 0. The lowest BCUT2D eigenvalue weighted by atomic mass is 9.97. The molecular formula is C59H37N5. The van der Waals surface area contributed by atoms with Gasteiger partial charge in [-0.1, -0.05) is 158 Å². The fourth-order valence-corrected chi connectivity index (χ4v) is 9.73. The molecule has 0 atom stereocenters. The van der Waals surface area contributed by atoms with Gasteiger partial charge < -0.3 is 9.13 Å². The molecule has 64 heavy (non-hydrogen) atoms. The zero-order valence-corrected chi connectivity index (χ0v) is 34.6. The predicted molar refractivity (Wildman–Crippen MR) is 265 cm³/mol. The number of pyridine rings is 1. The van der Waals surface area contributed by atoms with E-state index in [-0.39, 0.29) is 0 Å². The van der Waals surface area contributed by atoms with Gasteiger partial charge in [-0.25, -0.2) is 15.0 Å². The first-order valence-corrected chi connectivity index (χ1v) is 21.7. The molecule has 0 aliphatic heterocycles. The summed E-state index contributed by atoms with van der Waals surface area (Å²) in [4.78, 5) is 15.8. The highest BCUT2D eigenvalue weighted by atomic mass is 15.0. The Morgan fingerprint density at radius 3 is 1.48 bits per heavy atom. The van der Waals surface area contributed by atoms with Crippen molar-refractivity contribution >= 4 is 65.3 Å². The van der Waals surface area contributed by atoms with Crippen molar-refractivity contribution in [3.05, 3.63) is 224 Å². The lowest BCUT2D eigenvalue weighted by Crippen LogP contribution is -1.97. The zero-order valence-electron chi connectivity index (χ0n) is 34.6. The van der Waals surface area contributed by atoms with E-state index in [1.807, 2.05) is 18.2 Å². The Morgan fingerprint density at radius 1 is 0.266 bits per heavy atom. The molecule has 0 N–H and O–H groups in total. The summed E-state index contributed by atoms with van der Waals surface area (Å²) in [6, 6.07) is 79.6. The number of fused-ring (bicyclic) bond motifs is 9. The van der Waals surface area contributed by atoms with Crippen LogP contribution < -0.4 is 0 Å². The minimum atomic E-state index is 0.683. The van der Waals surface area contributed by atoms with Gasteiger partial charge in [-0.2, -0.15) is 0 Å². The van der Waals surface area contributed by atoms with E-state index < -0.39 is 0 Å². The number of hydrogen-bond donors (Lipinski definition) is 0. The van der Waals surface area contributed by atoms with Crippen molar-refractivity contribution in [3.8, 4) is 56.5 Å². The lowest BCUT2D eigenvalue weighted by molar-refractivity contribution is 1.17. The van der Waals surface area contributed by atoms with Crippen LogP contribution in [0.4, 0.5) is 0 Å². The number of aromatic nitrogens is 5. The lowest BCUT2D eigenvalue weighted by Gasteiger charge is -2.13. The summed E-state index contributed by atoms with van der Waals surface area (Å²) in [7, 11) is 0. The third-order valence-electron chi connectivity index (χ3n) is 12.7. The van der Waals surface area contributed by atoms with Crippen molar-refractivity contribution in [2.75, 3.05) is 0 Å². The number of rotatable bonds is 6. The van der Waals surface area contributed by atoms with Crippen LogP contribution in [-0.4, -0.2) is 24.1 Å². The molecule has 13 rings (SSSR count). The normalized spacial score (nSPS) is 11.8. The molecule has 0 radical (unpaired) electrons. The monoisotopic (exact) mass is 815 g/mol. The highest BCUT2D eigenvalue weighted by Crippen LogP contribution is 2.41. The molecule has 0 spiro atoms. The van der Waals surface area contributed by atoms with E-state index in [1.165, 1.54) is 32.6 Å². The van der Waals surface area contributed by atoms with Gasteiger partial charge in [0.1, 0.15) is 0 Å². The van der Waals surface area contributed by atoms with Gasteiger partial charge in [-0.3, -0.25) is 0 Å². The van der Waals surface area contributed by atoms with Crippen LogP contribution in [0.5, 0.6) is 0 Å². The molecule has 0 bridgehead atoms. The average Bonchev–Trinajstić information content (AvgIpc) is 3.88. The van der Waals surface area contributed by atoms with E-state index in [9.17, 15) is 0 Å². The molecule has 5 nitrogen and oxygen atoms in total. The molecule has 0 fully saturated rings. The minimum Gasteiger partial charge on any atom is -0.309 e. The Balaban J connectivity index is 1.01. The van der Waals surface area contributed by atoms with E-state index in [1.54, 1.807) is 0 Å². The van der Waals surface area contributed by atoms with Crippen LogP contribution in [0.1, 0.15) is 0 Å². The summed E-state index contributed by atoms with van der Waals surface area (Å²) in [5.74, 6) is 0.683. The third kappa shape index (κ3) is 5.75. The van der Waals surface area contributed by atoms with Crippen LogP contribution in [0.25, 0.3) is 122 Å². The molecule has 0 saturated heterocycles. The number of hydrogen-bond acceptors (Lipinski definition) is 3. The summed E-state index contributed by atoms with van der Waals surface area (Å²) >= 11 is 0. The molecule has 298 valence electrons. The van der Waals surface area contributed by atoms with Crippen molar-refractivity contribution in [1.82, 2.24) is 24.1 Å². The maximum Gasteiger partial charge on any atom is 0.160 e. The van der Waals surface area contributed by atoms with E-state index in [0.29, 0.717) is 5.82 Å². The first-order chi connectivity index (χ1) is 31.7. The van der Waals surface area contributed by atoms with Crippen LogP contribution in [0.15, 0.2) is 224 Å². The molecule has 0 amide bonds. The number of nitrogens with zero attached hydrogens (tertiary/aromatic N) is 5. The quantitative estimate of drug-likeness (QED) is 0.157. The van der Waals surface area contributed by atoms with Gasteiger partial charge >= 0.3 is 0 Å². The molecule has 4 aromatic heterocycles. The topological polar surface area (TPSA) is 48.5 Å². The molecule has 9 aromatic carbocycles. The number of para-hydroxylation sites is 4. The van der Waals surface area contributed by atoms with E-state index in [2.05, 4.69) is 215 Å². The molecule has 13 aromatic rings.